The molecule has 4 aromatic rings. The van der Waals surface area contributed by atoms with E-state index in [9.17, 15) is 0 Å². The van der Waals surface area contributed by atoms with Gasteiger partial charge in [-0.2, -0.15) is 5.10 Å². The van der Waals surface area contributed by atoms with Crippen LogP contribution in [-0.4, -0.2) is 16.2 Å². The average Bonchev–Trinajstić information content (AvgIpc) is 3.14. The van der Waals surface area contributed by atoms with E-state index in [2.05, 4.69) is 39.8 Å². The number of hydrogen-bond acceptors (Lipinski definition) is 5. The summed E-state index contributed by atoms with van der Waals surface area (Å²) in [7, 11) is 0. The molecule has 126 valence electrons. The molecule has 2 aromatic carbocycles. The topological polar surface area (TPSA) is 50.2 Å². The third-order valence-corrected chi connectivity index (χ3v) is 4.78. The zero-order valence-corrected chi connectivity index (χ0v) is 14.7. The summed E-state index contributed by atoms with van der Waals surface area (Å²) in [6, 6.07) is 24.3. The average molecular weight is 356 g/mol. The van der Waals surface area contributed by atoms with Gasteiger partial charge in [0.1, 0.15) is 0 Å². The standard InChI is InChI=1S/C21H16N4S/c1-3-9-17(10-4-1)19-20(18-11-5-2-6-12-18)26-21(24-19)25-23-15-16-8-7-13-22-14-16/h1-15H,(H,24,25)/b23-15+. The lowest BCUT2D eigenvalue weighted by Crippen LogP contribution is -1.90. The molecule has 0 radical (unpaired) electrons. The Morgan fingerprint density at radius 1 is 0.846 bits per heavy atom. The van der Waals surface area contributed by atoms with Gasteiger partial charge in [0.15, 0.2) is 0 Å². The summed E-state index contributed by atoms with van der Waals surface area (Å²) in [5.74, 6) is 0. The van der Waals surface area contributed by atoms with Crippen LogP contribution >= 0.6 is 11.3 Å². The van der Waals surface area contributed by atoms with Gasteiger partial charge >= 0.3 is 0 Å². The number of rotatable bonds is 5. The molecule has 0 saturated heterocycles. The molecule has 5 heteroatoms. The van der Waals surface area contributed by atoms with Crippen LogP contribution in [0.25, 0.3) is 21.7 Å². The molecule has 0 aliphatic carbocycles. The molecular formula is C21H16N4S. The van der Waals surface area contributed by atoms with Crippen LogP contribution in [0.4, 0.5) is 5.13 Å². The summed E-state index contributed by atoms with van der Waals surface area (Å²) < 4.78 is 0. The highest BCUT2D eigenvalue weighted by molar-refractivity contribution is 7.19. The first-order chi connectivity index (χ1) is 12.9. The predicted molar refractivity (Wildman–Crippen MR) is 108 cm³/mol. The lowest BCUT2D eigenvalue weighted by atomic mass is 10.1. The van der Waals surface area contributed by atoms with E-state index >= 15 is 0 Å². The Labute approximate surface area is 155 Å². The highest BCUT2D eigenvalue weighted by atomic mass is 32.1. The molecule has 0 unspecified atom stereocenters. The highest BCUT2D eigenvalue weighted by Gasteiger charge is 2.14. The minimum atomic E-state index is 0.753. The fourth-order valence-electron chi connectivity index (χ4n) is 2.56. The van der Waals surface area contributed by atoms with Crippen molar-refractivity contribution in [3.8, 4) is 21.7 Å². The van der Waals surface area contributed by atoms with Crippen LogP contribution in [0.1, 0.15) is 5.56 Å². The second kappa shape index (κ2) is 7.72. The predicted octanol–water partition coefficient (Wildman–Crippen LogP) is 5.32. The van der Waals surface area contributed by atoms with Crippen molar-refractivity contribution in [3.63, 3.8) is 0 Å². The summed E-state index contributed by atoms with van der Waals surface area (Å²) in [4.78, 5) is 9.96. The van der Waals surface area contributed by atoms with Crippen molar-refractivity contribution in [2.24, 2.45) is 5.10 Å². The quantitative estimate of drug-likeness (QED) is 0.389. The van der Waals surface area contributed by atoms with E-state index in [0.29, 0.717) is 0 Å². The monoisotopic (exact) mass is 356 g/mol. The number of thiazole rings is 1. The van der Waals surface area contributed by atoms with Gasteiger partial charge in [-0.25, -0.2) is 4.98 Å². The number of nitrogens with zero attached hydrogens (tertiary/aromatic N) is 3. The Hall–Kier alpha value is -3.31. The van der Waals surface area contributed by atoms with Crippen molar-refractivity contribution >= 4 is 22.7 Å². The van der Waals surface area contributed by atoms with Gasteiger partial charge in [-0.3, -0.25) is 10.4 Å². The number of hydrogen-bond donors (Lipinski definition) is 1. The van der Waals surface area contributed by atoms with Crippen molar-refractivity contribution in [1.82, 2.24) is 9.97 Å². The van der Waals surface area contributed by atoms with Crippen LogP contribution in [0.5, 0.6) is 0 Å². The SMILES string of the molecule is C(=N\Nc1nc(-c2ccccc2)c(-c2ccccc2)s1)/c1cccnc1. The van der Waals surface area contributed by atoms with E-state index in [0.717, 1.165) is 32.4 Å². The molecule has 0 spiro atoms. The fourth-order valence-corrected chi connectivity index (χ4v) is 3.50. The lowest BCUT2D eigenvalue weighted by Gasteiger charge is -2.02. The second-order valence-electron chi connectivity index (χ2n) is 5.59. The largest absolute Gasteiger partial charge is 0.264 e. The molecule has 0 aliphatic heterocycles. The molecular weight excluding hydrogens is 340 g/mol. The number of pyridine rings is 1. The summed E-state index contributed by atoms with van der Waals surface area (Å²) in [6.45, 7) is 0. The normalized spacial score (nSPS) is 10.9. The molecule has 0 fully saturated rings. The smallest absolute Gasteiger partial charge is 0.204 e. The summed E-state index contributed by atoms with van der Waals surface area (Å²) in [5.41, 5.74) is 7.17. The maximum absolute atomic E-state index is 4.77. The molecule has 4 rings (SSSR count). The fraction of sp³-hybridized carbons (Fsp3) is 0. The number of nitrogens with one attached hydrogen (secondary N) is 1. The Morgan fingerprint density at radius 2 is 1.58 bits per heavy atom. The highest BCUT2D eigenvalue weighted by Crippen LogP contribution is 2.38. The molecule has 2 aromatic heterocycles. The third kappa shape index (κ3) is 3.68. The van der Waals surface area contributed by atoms with Crippen molar-refractivity contribution in [1.29, 1.82) is 0 Å². The minimum absolute atomic E-state index is 0.753. The molecule has 0 aliphatic rings. The van der Waals surface area contributed by atoms with Gasteiger partial charge in [-0.05, 0) is 11.6 Å². The Morgan fingerprint density at radius 3 is 2.27 bits per heavy atom. The van der Waals surface area contributed by atoms with Gasteiger partial charge in [-0.1, -0.05) is 78.1 Å². The number of aromatic nitrogens is 2. The zero-order chi connectivity index (χ0) is 17.6. The first-order valence-electron chi connectivity index (χ1n) is 8.21. The van der Waals surface area contributed by atoms with Crippen LogP contribution in [-0.2, 0) is 0 Å². The molecule has 0 amide bonds. The van der Waals surface area contributed by atoms with Crippen molar-refractivity contribution in [3.05, 3.63) is 90.8 Å². The van der Waals surface area contributed by atoms with Gasteiger partial charge < -0.3 is 0 Å². The molecule has 0 atom stereocenters. The molecule has 4 nitrogen and oxygen atoms in total. The van der Waals surface area contributed by atoms with Gasteiger partial charge in [0, 0.05) is 23.5 Å². The zero-order valence-electron chi connectivity index (χ0n) is 13.9. The van der Waals surface area contributed by atoms with Crippen LogP contribution in [0.3, 0.4) is 0 Å². The first-order valence-corrected chi connectivity index (χ1v) is 9.02. The summed E-state index contributed by atoms with van der Waals surface area (Å²) >= 11 is 1.59. The maximum Gasteiger partial charge on any atom is 0.204 e. The second-order valence-corrected chi connectivity index (χ2v) is 6.58. The Bertz CT molecular complexity index is 939. The van der Waals surface area contributed by atoms with Crippen molar-refractivity contribution in [2.75, 3.05) is 5.43 Å². The van der Waals surface area contributed by atoms with E-state index in [1.807, 2.05) is 48.5 Å². The summed E-state index contributed by atoms with van der Waals surface area (Å²) in [6.07, 6.45) is 5.24. The van der Waals surface area contributed by atoms with Crippen molar-refractivity contribution in [2.45, 2.75) is 0 Å². The van der Waals surface area contributed by atoms with Crippen LogP contribution < -0.4 is 5.43 Å². The summed E-state index contributed by atoms with van der Waals surface area (Å²) in [5, 5.41) is 5.04. The molecule has 26 heavy (non-hydrogen) atoms. The van der Waals surface area contributed by atoms with E-state index in [4.69, 9.17) is 4.98 Å². The van der Waals surface area contributed by atoms with Crippen LogP contribution in [0.15, 0.2) is 90.3 Å². The Balaban J connectivity index is 1.66. The molecule has 0 bridgehead atoms. The minimum Gasteiger partial charge on any atom is -0.264 e. The number of benzene rings is 2. The van der Waals surface area contributed by atoms with E-state index in [1.165, 1.54) is 0 Å². The third-order valence-electron chi connectivity index (χ3n) is 3.77. The maximum atomic E-state index is 4.77. The van der Waals surface area contributed by atoms with Gasteiger partial charge in [0.25, 0.3) is 0 Å². The molecule has 0 saturated carbocycles. The van der Waals surface area contributed by atoms with E-state index < -0.39 is 0 Å². The van der Waals surface area contributed by atoms with Crippen LogP contribution in [0, 0.1) is 0 Å². The first kappa shape index (κ1) is 16.2. The van der Waals surface area contributed by atoms with Gasteiger partial charge in [0.05, 0.1) is 16.8 Å². The van der Waals surface area contributed by atoms with Gasteiger partial charge in [-0.15, -0.1) is 0 Å². The van der Waals surface area contributed by atoms with Crippen LogP contribution in [0.2, 0.25) is 0 Å². The van der Waals surface area contributed by atoms with E-state index in [1.54, 1.807) is 29.9 Å². The number of anilines is 1. The molecule has 2 heterocycles. The lowest BCUT2D eigenvalue weighted by molar-refractivity contribution is 1.28. The number of hydrazone groups is 1. The van der Waals surface area contributed by atoms with Crippen molar-refractivity contribution < 1.29 is 0 Å². The van der Waals surface area contributed by atoms with Gasteiger partial charge in [0.2, 0.25) is 5.13 Å². The molecule has 1 N–H and O–H groups in total. The van der Waals surface area contributed by atoms with E-state index in [-0.39, 0.29) is 0 Å². The Kier molecular flexibility index (Phi) is 4.80.